The van der Waals surface area contributed by atoms with Crippen molar-refractivity contribution in [3.63, 3.8) is 0 Å². The molecule has 1 aromatic rings. The van der Waals surface area contributed by atoms with E-state index >= 15 is 0 Å². The first-order chi connectivity index (χ1) is 8.69. The van der Waals surface area contributed by atoms with E-state index in [0.717, 1.165) is 49.3 Å². The second-order valence-electron chi connectivity index (χ2n) is 5.61. The van der Waals surface area contributed by atoms with E-state index in [1.54, 1.807) is 0 Å². The van der Waals surface area contributed by atoms with Gasteiger partial charge in [0.25, 0.3) is 0 Å². The third-order valence-corrected chi connectivity index (χ3v) is 3.78. The molecule has 0 bridgehead atoms. The molecule has 2 atom stereocenters. The quantitative estimate of drug-likeness (QED) is 0.787. The molecule has 0 spiro atoms. The number of aromatic nitrogens is 1. The first-order valence-electron chi connectivity index (χ1n) is 7.06. The fraction of sp³-hybridized carbons (Fsp3) is 0.786. The Hall–Kier alpha value is -0.870. The van der Waals surface area contributed by atoms with E-state index in [1.807, 2.05) is 0 Å². The van der Waals surface area contributed by atoms with Crippen molar-refractivity contribution in [3.05, 3.63) is 17.5 Å². The second kappa shape index (κ2) is 6.34. The Bertz CT molecular complexity index is 354. The first-order valence-corrected chi connectivity index (χ1v) is 7.06. The molecule has 4 nitrogen and oxygen atoms in total. The molecule has 0 radical (unpaired) electrons. The van der Waals surface area contributed by atoms with Crippen LogP contribution in [-0.2, 0) is 13.1 Å². The third-order valence-electron chi connectivity index (χ3n) is 3.78. The van der Waals surface area contributed by atoms with Gasteiger partial charge in [0.15, 0.2) is 5.76 Å². The third kappa shape index (κ3) is 3.56. The van der Waals surface area contributed by atoms with Gasteiger partial charge in [-0.3, -0.25) is 4.90 Å². The Balaban J connectivity index is 1.80. The Morgan fingerprint density at radius 2 is 2.11 bits per heavy atom. The van der Waals surface area contributed by atoms with Crippen LogP contribution in [-0.4, -0.2) is 29.7 Å². The van der Waals surface area contributed by atoms with Crippen LogP contribution < -0.4 is 5.32 Å². The van der Waals surface area contributed by atoms with Gasteiger partial charge in [-0.1, -0.05) is 25.9 Å². The fourth-order valence-corrected chi connectivity index (χ4v) is 2.51. The highest BCUT2D eigenvalue weighted by molar-refractivity contribution is 5.05. The average Bonchev–Trinajstić information content (AvgIpc) is 2.88. The largest absolute Gasteiger partial charge is 0.360 e. The van der Waals surface area contributed by atoms with Crippen LogP contribution in [0.1, 0.15) is 38.6 Å². The number of likely N-dealkylation sites (tertiary alicyclic amines) is 1. The molecule has 18 heavy (non-hydrogen) atoms. The molecule has 2 rings (SSSR count). The molecule has 1 aliphatic rings. The van der Waals surface area contributed by atoms with Crippen molar-refractivity contribution in [1.29, 1.82) is 0 Å². The normalized spacial score (nSPS) is 24.8. The van der Waals surface area contributed by atoms with Gasteiger partial charge in [-0.15, -0.1) is 0 Å². The molecule has 102 valence electrons. The van der Waals surface area contributed by atoms with E-state index in [0.29, 0.717) is 0 Å². The summed E-state index contributed by atoms with van der Waals surface area (Å²) in [5.74, 6) is 2.57. The predicted octanol–water partition coefficient (Wildman–Crippen LogP) is 2.26. The summed E-state index contributed by atoms with van der Waals surface area (Å²) >= 11 is 0. The van der Waals surface area contributed by atoms with Crippen LogP contribution in [0.2, 0.25) is 0 Å². The Morgan fingerprint density at radius 1 is 1.39 bits per heavy atom. The second-order valence-corrected chi connectivity index (χ2v) is 5.61. The van der Waals surface area contributed by atoms with Crippen molar-refractivity contribution < 1.29 is 4.52 Å². The lowest BCUT2D eigenvalue weighted by molar-refractivity contribution is 0.264. The summed E-state index contributed by atoms with van der Waals surface area (Å²) in [4.78, 5) is 2.46. The summed E-state index contributed by atoms with van der Waals surface area (Å²) < 4.78 is 5.40. The van der Waals surface area contributed by atoms with E-state index in [4.69, 9.17) is 4.52 Å². The standard InChI is InChI=1S/C14H25N3O/c1-4-5-15-7-13-6-14(18-16-13)10-17-8-11(2)12(3)9-17/h6,11-12,15H,4-5,7-10H2,1-3H3. The zero-order chi connectivity index (χ0) is 13.0. The molecule has 0 aromatic carbocycles. The van der Waals surface area contributed by atoms with Crippen LogP contribution in [0.25, 0.3) is 0 Å². The molecule has 1 aromatic heterocycles. The molecule has 4 heteroatoms. The molecular weight excluding hydrogens is 226 g/mol. The van der Waals surface area contributed by atoms with Crippen LogP contribution in [0.15, 0.2) is 10.6 Å². The first kappa shape index (κ1) is 13.6. The minimum absolute atomic E-state index is 0.790. The number of nitrogens with zero attached hydrogens (tertiary/aromatic N) is 2. The van der Waals surface area contributed by atoms with Gasteiger partial charge in [0.05, 0.1) is 12.2 Å². The summed E-state index contributed by atoms with van der Waals surface area (Å²) in [5.41, 5.74) is 1.01. The van der Waals surface area contributed by atoms with Crippen LogP contribution in [0, 0.1) is 11.8 Å². The summed E-state index contributed by atoms with van der Waals surface area (Å²) in [6.07, 6.45) is 1.15. The number of hydrogen-bond donors (Lipinski definition) is 1. The molecule has 1 fully saturated rings. The molecular formula is C14H25N3O. The lowest BCUT2D eigenvalue weighted by Gasteiger charge is -2.12. The molecule has 0 saturated carbocycles. The van der Waals surface area contributed by atoms with Crippen molar-refractivity contribution in [2.24, 2.45) is 11.8 Å². The van der Waals surface area contributed by atoms with Crippen molar-refractivity contribution >= 4 is 0 Å². The van der Waals surface area contributed by atoms with E-state index in [1.165, 1.54) is 13.1 Å². The smallest absolute Gasteiger partial charge is 0.151 e. The monoisotopic (exact) mass is 251 g/mol. The fourth-order valence-electron chi connectivity index (χ4n) is 2.51. The summed E-state index contributed by atoms with van der Waals surface area (Å²) in [6, 6.07) is 2.08. The van der Waals surface area contributed by atoms with Gasteiger partial charge in [0.2, 0.25) is 0 Å². The van der Waals surface area contributed by atoms with Crippen molar-refractivity contribution in [3.8, 4) is 0 Å². The topological polar surface area (TPSA) is 41.3 Å². The van der Waals surface area contributed by atoms with Crippen LogP contribution in [0.5, 0.6) is 0 Å². The number of rotatable bonds is 6. The number of hydrogen-bond acceptors (Lipinski definition) is 4. The average molecular weight is 251 g/mol. The zero-order valence-electron chi connectivity index (χ0n) is 11.8. The minimum atomic E-state index is 0.790. The Kier molecular flexibility index (Phi) is 4.78. The molecule has 0 aliphatic carbocycles. The van der Waals surface area contributed by atoms with E-state index in [2.05, 4.69) is 42.2 Å². The van der Waals surface area contributed by atoms with Gasteiger partial charge < -0.3 is 9.84 Å². The summed E-state index contributed by atoms with van der Waals surface area (Å²) in [6.45, 7) is 11.9. The van der Waals surface area contributed by atoms with Crippen LogP contribution in [0.4, 0.5) is 0 Å². The predicted molar refractivity (Wildman–Crippen MR) is 72.1 cm³/mol. The van der Waals surface area contributed by atoms with Gasteiger partial charge >= 0.3 is 0 Å². The van der Waals surface area contributed by atoms with E-state index < -0.39 is 0 Å². The molecule has 2 unspecified atom stereocenters. The van der Waals surface area contributed by atoms with Gasteiger partial charge in [-0.25, -0.2) is 0 Å². The van der Waals surface area contributed by atoms with E-state index in [-0.39, 0.29) is 0 Å². The van der Waals surface area contributed by atoms with Gasteiger partial charge in [-0.05, 0) is 24.8 Å². The molecule has 1 saturated heterocycles. The SMILES string of the molecule is CCCNCc1cc(CN2CC(C)C(C)C2)on1. The Morgan fingerprint density at radius 3 is 2.78 bits per heavy atom. The maximum Gasteiger partial charge on any atom is 0.151 e. The lowest BCUT2D eigenvalue weighted by Crippen LogP contribution is -2.19. The van der Waals surface area contributed by atoms with Crippen molar-refractivity contribution in [1.82, 2.24) is 15.4 Å². The molecule has 0 amide bonds. The lowest BCUT2D eigenvalue weighted by atomic mass is 10.0. The van der Waals surface area contributed by atoms with Gasteiger partial charge in [0.1, 0.15) is 0 Å². The highest BCUT2D eigenvalue weighted by Crippen LogP contribution is 2.23. The van der Waals surface area contributed by atoms with Crippen molar-refractivity contribution in [2.45, 2.75) is 40.3 Å². The highest BCUT2D eigenvalue weighted by atomic mass is 16.5. The van der Waals surface area contributed by atoms with E-state index in [9.17, 15) is 0 Å². The highest BCUT2D eigenvalue weighted by Gasteiger charge is 2.26. The molecule has 2 heterocycles. The van der Waals surface area contributed by atoms with Crippen molar-refractivity contribution in [2.75, 3.05) is 19.6 Å². The maximum atomic E-state index is 5.40. The minimum Gasteiger partial charge on any atom is -0.360 e. The molecule has 1 aliphatic heterocycles. The number of nitrogens with one attached hydrogen (secondary N) is 1. The zero-order valence-corrected chi connectivity index (χ0v) is 11.8. The summed E-state index contributed by atoms with van der Waals surface area (Å²) in [5, 5.41) is 7.44. The van der Waals surface area contributed by atoms with Gasteiger partial charge in [0, 0.05) is 25.7 Å². The van der Waals surface area contributed by atoms with Gasteiger partial charge in [-0.2, -0.15) is 0 Å². The Labute approximate surface area is 110 Å². The molecule has 1 N–H and O–H groups in total. The van der Waals surface area contributed by atoms with Crippen LogP contribution >= 0.6 is 0 Å². The summed E-state index contributed by atoms with van der Waals surface area (Å²) in [7, 11) is 0. The van der Waals surface area contributed by atoms with Crippen LogP contribution in [0.3, 0.4) is 0 Å². The maximum absolute atomic E-state index is 5.40.